The molecule has 108 valence electrons. The molecule has 0 aromatic heterocycles. The number of hydrogen-bond acceptors (Lipinski definition) is 2. The third-order valence-electron chi connectivity index (χ3n) is 3.40. The first-order valence-electron chi connectivity index (χ1n) is 7.59. The summed E-state index contributed by atoms with van der Waals surface area (Å²) in [6, 6.07) is 0. The predicted molar refractivity (Wildman–Crippen MR) is 77.7 cm³/mol. The zero-order valence-electron chi connectivity index (χ0n) is 12.8. The van der Waals surface area contributed by atoms with E-state index in [1.165, 1.54) is 38.5 Å². The summed E-state index contributed by atoms with van der Waals surface area (Å²) >= 11 is 0. The van der Waals surface area contributed by atoms with Crippen LogP contribution in [0.4, 0.5) is 0 Å². The van der Waals surface area contributed by atoms with E-state index in [0.29, 0.717) is 6.42 Å². The van der Waals surface area contributed by atoms with E-state index in [2.05, 4.69) is 6.92 Å². The zero-order chi connectivity index (χ0) is 14.0. The Kier molecular flexibility index (Phi) is 9.35. The Morgan fingerprint density at radius 2 is 1.50 bits per heavy atom. The van der Waals surface area contributed by atoms with Crippen molar-refractivity contribution in [1.82, 2.24) is 0 Å². The Bertz CT molecular complexity index is 216. The normalized spacial score (nSPS) is 13.6. The second-order valence-corrected chi connectivity index (χ2v) is 6.44. The average Bonchev–Trinajstić information content (AvgIpc) is 2.26. The van der Waals surface area contributed by atoms with E-state index in [9.17, 15) is 9.90 Å². The first-order valence-corrected chi connectivity index (χ1v) is 7.59. The first kappa shape index (κ1) is 17.6. The van der Waals surface area contributed by atoms with Crippen LogP contribution in [0.25, 0.3) is 0 Å². The molecule has 2 nitrogen and oxygen atoms in total. The standard InChI is InChI=1S/C16H32O2/c1-5-6-7-8-9-10-11-12-14(17)13-15(18)16(2,3)4/h14,17H,5-13H2,1-4H3. The molecule has 0 saturated carbocycles. The molecular formula is C16H32O2. The molecule has 18 heavy (non-hydrogen) atoms. The Morgan fingerprint density at radius 1 is 1.00 bits per heavy atom. The maximum absolute atomic E-state index is 11.7. The summed E-state index contributed by atoms with van der Waals surface area (Å²) in [4.78, 5) is 11.7. The monoisotopic (exact) mass is 256 g/mol. The van der Waals surface area contributed by atoms with E-state index in [4.69, 9.17) is 0 Å². The molecule has 0 saturated heterocycles. The van der Waals surface area contributed by atoms with Crippen LogP contribution in [0, 0.1) is 5.41 Å². The van der Waals surface area contributed by atoms with Gasteiger partial charge in [-0.05, 0) is 6.42 Å². The van der Waals surface area contributed by atoms with Gasteiger partial charge in [-0.15, -0.1) is 0 Å². The molecule has 0 aromatic carbocycles. The highest BCUT2D eigenvalue weighted by Crippen LogP contribution is 2.19. The Hall–Kier alpha value is -0.370. The maximum atomic E-state index is 11.7. The van der Waals surface area contributed by atoms with Crippen LogP contribution in [0.1, 0.15) is 85.5 Å². The van der Waals surface area contributed by atoms with Gasteiger partial charge < -0.3 is 5.11 Å². The van der Waals surface area contributed by atoms with Crippen molar-refractivity contribution in [3.05, 3.63) is 0 Å². The van der Waals surface area contributed by atoms with Gasteiger partial charge in [-0.25, -0.2) is 0 Å². The number of hydrogen-bond donors (Lipinski definition) is 1. The number of carbonyl (C=O) groups excluding carboxylic acids is 1. The fourth-order valence-electron chi connectivity index (χ4n) is 1.96. The van der Waals surface area contributed by atoms with Crippen molar-refractivity contribution < 1.29 is 9.90 Å². The number of aliphatic hydroxyl groups excluding tert-OH is 1. The van der Waals surface area contributed by atoms with Gasteiger partial charge >= 0.3 is 0 Å². The molecule has 1 unspecified atom stereocenters. The molecule has 0 aromatic rings. The summed E-state index contributed by atoms with van der Waals surface area (Å²) in [5, 5.41) is 9.80. The molecule has 0 amide bonds. The van der Waals surface area contributed by atoms with E-state index in [1.807, 2.05) is 20.8 Å². The molecule has 0 heterocycles. The van der Waals surface area contributed by atoms with Crippen molar-refractivity contribution in [2.24, 2.45) is 5.41 Å². The van der Waals surface area contributed by atoms with Crippen molar-refractivity contribution in [2.75, 3.05) is 0 Å². The van der Waals surface area contributed by atoms with Crippen molar-refractivity contribution in [1.29, 1.82) is 0 Å². The van der Waals surface area contributed by atoms with Crippen LogP contribution in [0.2, 0.25) is 0 Å². The van der Waals surface area contributed by atoms with Crippen LogP contribution in [0.15, 0.2) is 0 Å². The number of ketones is 1. The molecule has 0 rings (SSSR count). The van der Waals surface area contributed by atoms with Gasteiger partial charge in [0, 0.05) is 11.8 Å². The fraction of sp³-hybridized carbons (Fsp3) is 0.938. The quantitative estimate of drug-likeness (QED) is 0.585. The van der Waals surface area contributed by atoms with Crippen LogP contribution in [0.5, 0.6) is 0 Å². The molecule has 0 fully saturated rings. The van der Waals surface area contributed by atoms with Crippen molar-refractivity contribution in [3.8, 4) is 0 Å². The molecule has 1 N–H and O–H groups in total. The van der Waals surface area contributed by atoms with Gasteiger partial charge in [0.1, 0.15) is 5.78 Å². The van der Waals surface area contributed by atoms with Crippen LogP contribution < -0.4 is 0 Å². The second kappa shape index (κ2) is 9.55. The Labute approximate surface area is 113 Å². The molecule has 0 aliphatic rings. The average molecular weight is 256 g/mol. The van der Waals surface area contributed by atoms with Crippen LogP contribution in [-0.2, 0) is 4.79 Å². The predicted octanol–water partition coefficient (Wildman–Crippen LogP) is 4.49. The number of Topliss-reactive ketones (excluding diaryl/α,β-unsaturated/α-hetero) is 1. The van der Waals surface area contributed by atoms with Gasteiger partial charge in [0.05, 0.1) is 6.10 Å². The number of carbonyl (C=O) groups is 1. The van der Waals surface area contributed by atoms with Gasteiger partial charge in [0.25, 0.3) is 0 Å². The minimum atomic E-state index is -0.438. The lowest BCUT2D eigenvalue weighted by molar-refractivity contribution is -0.128. The SMILES string of the molecule is CCCCCCCCCC(O)CC(=O)C(C)(C)C. The van der Waals surface area contributed by atoms with Gasteiger partial charge in [-0.2, -0.15) is 0 Å². The van der Waals surface area contributed by atoms with E-state index in [0.717, 1.165) is 12.8 Å². The van der Waals surface area contributed by atoms with Gasteiger partial charge in [-0.1, -0.05) is 72.6 Å². The highest BCUT2D eigenvalue weighted by Gasteiger charge is 2.23. The lowest BCUT2D eigenvalue weighted by atomic mass is 9.87. The van der Waals surface area contributed by atoms with Crippen LogP contribution in [-0.4, -0.2) is 17.0 Å². The summed E-state index contributed by atoms with van der Waals surface area (Å²) < 4.78 is 0. The molecule has 1 atom stereocenters. The summed E-state index contributed by atoms with van der Waals surface area (Å²) in [5.41, 5.74) is -0.318. The number of rotatable bonds is 10. The summed E-state index contributed by atoms with van der Waals surface area (Å²) in [7, 11) is 0. The van der Waals surface area contributed by atoms with E-state index in [1.54, 1.807) is 0 Å². The second-order valence-electron chi connectivity index (χ2n) is 6.44. The molecule has 0 spiro atoms. The van der Waals surface area contributed by atoms with Crippen molar-refractivity contribution in [3.63, 3.8) is 0 Å². The van der Waals surface area contributed by atoms with Gasteiger partial charge in [0.15, 0.2) is 0 Å². The van der Waals surface area contributed by atoms with E-state index in [-0.39, 0.29) is 11.2 Å². The Morgan fingerprint density at radius 3 is 2.00 bits per heavy atom. The zero-order valence-corrected chi connectivity index (χ0v) is 12.8. The largest absolute Gasteiger partial charge is 0.393 e. The lowest BCUT2D eigenvalue weighted by Crippen LogP contribution is -2.25. The summed E-state index contributed by atoms with van der Waals surface area (Å²) in [5.74, 6) is 0.165. The number of unbranched alkanes of at least 4 members (excludes halogenated alkanes) is 6. The van der Waals surface area contributed by atoms with Gasteiger partial charge in [0.2, 0.25) is 0 Å². The van der Waals surface area contributed by atoms with E-state index >= 15 is 0 Å². The van der Waals surface area contributed by atoms with Crippen LogP contribution >= 0.6 is 0 Å². The molecular weight excluding hydrogens is 224 g/mol. The minimum absolute atomic E-state index is 0.165. The number of aliphatic hydroxyl groups is 1. The third kappa shape index (κ3) is 9.64. The summed E-state index contributed by atoms with van der Waals surface area (Å²) in [6.45, 7) is 7.96. The molecule has 2 heteroatoms. The highest BCUT2D eigenvalue weighted by molar-refractivity contribution is 5.83. The highest BCUT2D eigenvalue weighted by atomic mass is 16.3. The van der Waals surface area contributed by atoms with Crippen molar-refractivity contribution >= 4 is 5.78 Å². The van der Waals surface area contributed by atoms with Gasteiger partial charge in [-0.3, -0.25) is 4.79 Å². The maximum Gasteiger partial charge on any atom is 0.140 e. The van der Waals surface area contributed by atoms with Crippen molar-refractivity contribution in [2.45, 2.75) is 91.6 Å². The molecule has 0 aliphatic carbocycles. The molecule has 0 bridgehead atoms. The lowest BCUT2D eigenvalue weighted by Gasteiger charge is -2.19. The van der Waals surface area contributed by atoms with E-state index < -0.39 is 6.10 Å². The Balaban J connectivity index is 3.48. The first-order chi connectivity index (χ1) is 8.38. The summed E-state index contributed by atoms with van der Waals surface area (Å²) in [6.07, 6.45) is 9.42. The smallest absolute Gasteiger partial charge is 0.140 e. The van der Waals surface area contributed by atoms with Crippen LogP contribution in [0.3, 0.4) is 0 Å². The third-order valence-corrected chi connectivity index (χ3v) is 3.40. The molecule has 0 radical (unpaired) electrons. The minimum Gasteiger partial charge on any atom is -0.393 e. The fourth-order valence-corrected chi connectivity index (χ4v) is 1.96. The molecule has 0 aliphatic heterocycles. The topological polar surface area (TPSA) is 37.3 Å².